The molecule has 0 spiro atoms. The monoisotopic (exact) mass is 581 g/mol. The Kier molecular flexibility index (Phi) is 4.15. The van der Waals surface area contributed by atoms with Gasteiger partial charge in [0.05, 0.1) is 12.3 Å². The zero-order chi connectivity index (χ0) is 37.6. The lowest BCUT2D eigenvalue weighted by Gasteiger charge is -2.18. The fourth-order valence-electron chi connectivity index (χ4n) is 6.42. The largest absolute Gasteiger partial charge is 0.456 e. The lowest BCUT2D eigenvalue weighted by atomic mass is 9.85. The van der Waals surface area contributed by atoms with Crippen molar-refractivity contribution >= 4 is 43.5 Å². The van der Waals surface area contributed by atoms with E-state index in [1.54, 1.807) is 0 Å². The van der Waals surface area contributed by atoms with E-state index in [1.165, 1.54) is 0 Å². The van der Waals surface area contributed by atoms with Crippen LogP contribution in [0, 0.1) is 0 Å². The number of hydrogen-bond donors (Lipinski definition) is 0. The molecule has 45 heavy (non-hydrogen) atoms. The van der Waals surface area contributed by atoms with Crippen LogP contribution in [0.4, 0.5) is 0 Å². The van der Waals surface area contributed by atoms with Gasteiger partial charge in [0.25, 0.3) is 0 Å². The molecule has 0 saturated heterocycles. The molecule has 0 fully saturated rings. The van der Waals surface area contributed by atoms with E-state index in [9.17, 15) is 1.37 Å². The SMILES string of the molecule is [2H]c1c([2H])c([2H])c(-c2c([2H])c([2H])c([2H])c(-c3c4ccccc4c(-c4ccc5oc6ccc(-c7ccccc7)cc6c5c4)c4ccccc34)c2[2H])c([2H])c1[2H]. The van der Waals surface area contributed by atoms with Crippen molar-refractivity contribution in [3.05, 3.63) is 170 Å². The Bertz CT molecular complexity index is 2960. The summed E-state index contributed by atoms with van der Waals surface area (Å²) in [5.74, 6) is 0. The highest BCUT2D eigenvalue weighted by molar-refractivity contribution is 6.22. The van der Waals surface area contributed by atoms with E-state index in [0.717, 1.165) is 55.0 Å². The maximum absolute atomic E-state index is 9.52. The van der Waals surface area contributed by atoms with Gasteiger partial charge in [0.1, 0.15) is 11.2 Å². The van der Waals surface area contributed by atoms with Crippen LogP contribution in [0.15, 0.2) is 174 Å². The lowest BCUT2D eigenvalue weighted by Crippen LogP contribution is -1.91. The molecule has 0 N–H and O–H groups in total. The fourth-order valence-corrected chi connectivity index (χ4v) is 6.42. The molecular weight excluding hydrogens is 544 g/mol. The van der Waals surface area contributed by atoms with Crippen molar-refractivity contribution in [1.82, 2.24) is 0 Å². The van der Waals surface area contributed by atoms with Crippen LogP contribution in [0.3, 0.4) is 0 Å². The predicted octanol–water partition coefficient (Wildman–Crippen LogP) is 12.6. The van der Waals surface area contributed by atoms with Crippen molar-refractivity contribution in [2.45, 2.75) is 0 Å². The molecule has 0 radical (unpaired) electrons. The van der Waals surface area contributed by atoms with Crippen LogP contribution in [0.2, 0.25) is 0 Å². The molecule has 0 unspecified atom stereocenters. The summed E-state index contributed by atoms with van der Waals surface area (Å²) in [7, 11) is 0. The van der Waals surface area contributed by atoms with E-state index in [4.69, 9.17) is 15.4 Å². The van der Waals surface area contributed by atoms with Crippen molar-refractivity contribution in [3.8, 4) is 44.5 Å². The third-order valence-corrected chi connectivity index (χ3v) is 8.42. The summed E-state index contributed by atoms with van der Waals surface area (Å²) in [5, 5.41) is 4.98. The number of benzene rings is 8. The average molecular weight is 582 g/mol. The van der Waals surface area contributed by atoms with Crippen LogP contribution in [-0.4, -0.2) is 0 Å². The van der Waals surface area contributed by atoms with E-state index < -0.39 is 42.3 Å². The second kappa shape index (κ2) is 10.4. The smallest absolute Gasteiger partial charge is 0.135 e. The highest BCUT2D eigenvalue weighted by Crippen LogP contribution is 2.45. The maximum Gasteiger partial charge on any atom is 0.135 e. The van der Waals surface area contributed by atoms with Crippen LogP contribution in [0.1, 0.15) is 12.3 Å². The third-order valence-electron chi connectivity index (χ3n) is 8.42. The predicted molar refractivity (Wildman–Crippen MR) is 190 cm³/mol. The van der Waals surface area contributed by atoms with Gasteiger partial charge >= 0.3 is 0 Å². The van der Waals surface area contributed by atoms with Gasteiger partial charge in [-0.1, -0.05) is 139 Å². The first-order valence-corrected chi connectivity index (χ1v) is 14.7. The average Bonchev–Trinajstić information content (AvgIpc) is 3.57. The lowest BCUT2D eigenvalue weighted by molar-refractivity contribution is 0.669. The molecule has 1 heterocycles. The molecule has 1 heteroatoms. The second-order valence-corrected chi connectivity index (χ2v) is 11.0. The van der Waals surface area contributed by atoms with Crippen molar-refractivity contribution in [2.24, 2.45) is 0 Å². The first-order valence-electron chi connectivity index (χ1n) is 19.2. The third kappa shape index (κ3) is 4.24. The highest BCUT2D eigenvalue weighted by atomic mass is 16.3. The van der Waals surface area contributed by atoms with Gasteiger partial charge in [-0.15, -0.1) is 0 Å². The molecule has 0 bridgehead atoms. The van der Waals surface area contributed by atoms with E-state index in [1.807, 2.05) is 84.9 Å². The number of furan rings is 1. The summed E-state index contributed by atoms with van der Waals surface area (Å²) in [4.78, 5) is 0. The molecule has 8 aromatic carbocycles. The molecule has 0 atom stereocenters. The Hall–Kier alpha value is -5.92. The standard InChI is InChI=1S/C44H28O/c1-3-12-29(13-4-1)31-16-11-17-33(26-31)43-35-18-7-9-20-37(35)44(38-21-10-8-19-36(38)43)34-23-25-42-40(28-34)39-27-32(22-24-41(39)45-42)30-14-5-2-6-15-30/h1-28H/i1D,3D,4D,11D,12D,13D,16D,17D,26D. The van der Waals surface area contributed by atoms with Gasteiger partial charge in [0.15, 0.2) is 0 Å². The first-order chi connectivity index (χ1) is 26.1. The highest BCUT2D eigenvalue weighted by Gasteiger charge is 2.18. The summed E-state index contributed by atoms with van der Waals surface area (Å²) in [5.41, 5.74) is 5.46. The van der Waals surface area contributed by atoms with Crippen LogP contribution < -0.4 is 0 Å². The molecule has 1 nitrogen and oxygen atoms in total. The van der Waals surface area contributed by atoms with Gasteiger partial charge < -0.3 is 4.42 Å². The summed E-state index contributed by atoms with van der Waals surface area (Å²) in [6, 6.07) is 33.1. The van der Waals surface area contributed by atoms with Gasteiger partial charge in [0.2, 0.25) is 0 Å². The molecule has 210 valence electrons. The summed E-state index contributed by atoms with van der Waals surface area (Å²) in [6.07, 6.45) is 0. The molecule has 9 rings (SSSR count). The quantitative estimate of drug-likeness (QED) is 0.188. The van der Waals surface area contributed by atoms with Gasteiger partial charge in [-0.05, 0) is 96.4 Å². The summed E-state index contributed by atoms with van der Waals surface area (Å²) in [6.45, 7) is 0. The Morgan fingerprint density at radius 2 is 0.867 bits per heavy atom. The number of fused-ring (bicyclic) bond motifs is 5. The van der Waals surface area contributed by atoms with E-state index in [-0.39, 0.29) is 28.8 Å². The van der Waals surface area contributed by atoms with Crippen molar-refractivity contribution in [2.75, 3.05) is 0 Å². The van der Waals surface area contributed by atoms with Crippen LogP contribution in [0.25, 0.3) is 88.0 Å². The van der Waals surface area contributed by atoms with Crippen LogP contribution in [0.5, 0.6) is 0 Å². The van der Waals surface area contributed by atoms with E-state index in [2.05, 4.69) is 30.3 Å². The summed E-state index contributed by atoms with van der Waals surface area (Å²) >= 11 is 0. The Morgan fingerprint density at radius 1 is 0.356 bits per heavy atom. The van der Waals surface area contributed by atoms with Crippen molar-refractivity contribution in [1.29, 1.82) is 0 Å². The molecule has 0 aliphatic carbocycles. The first kappa shape index (κ1) is 18.0. The van der Waals surface area contributed by atoms with Crippen molar-refractivity contribution < 1.29 is 16.8 Å². The van der Waals surface area contributed by atoms with Crippen molar-refractivity contribution in [3.63, 3.8) is 0 Å². The van der Waals surface area contributed by atoms with Gasteiger partial charge in [-0.3, -0.25) is 0 Å². The second-order valence-electron chi connectivity index (χ2n) is 11.0. The molecule has 0 amide bonds. The molecule has 0 aliphatic rings. The topological polar surface area (TPSA) is 13.1 Å². The molecule has 9 aromatic rings. The molecule has 0 saturated carbocycles. The Balaban J connectivity index is 1.35. The maximum atomic E-state index is 9.52. The molecule has 0 aliphatic heterocycles. The number of hydrogen-bond acceptors (Lipinski definition) is 1. The van der Waals surface area contributed by atoms with Crippen LogP contribution >= 0.6 is 0 Å². The fraction of sp³-hybridized carbons (Fsp3) is 0. The Labute approximate surface area is 274 Å². The summed E-state index contributed by atoms with van der Waals surface area (Å²) < 4.78 is 84.6. The van der Waals surface area contributed by atoms with Gasteiger partial charge in [-0.25, -0.2) is 0 Å². The van der Waals surface area contributed by atoms with Crippen LogP contribution in [-0.2, 0) is 0 Å². The Morgan fingerprint density at radius 3 is 1.51 bits per heavy atom. The minimum Gasteiger partial charge on any atom is -0.456 e. The zero-order valence-electron chi connectivity index (χ0n) is 32.9. The van der Waals surface area contributed by atoms with E-state index in [0.29, 0.717) is 16.3 Å². The zero-order valence-corrected chi connectivity index (χ0v) is 23.9. The minimum absolute atomic E-state index is 0.0430. The number of rotatable bonds is 4. The van der Waals surface area contributed by atoms with E-state index >= 15 is 0 Å². The molecule has 1 aromatic heterocycles. The minimum atomic E-state index is -0.605. The normalized spacial score (nSPS) is 14.4. The molecular formula is C44H28O. The van der Waals surface area contributed by atoms with Gasteiger partial charge in [-0.2, -0.15) is 0 Å². The van der Waals surface area contributed by atoms with Gasteiger partial charge in [0, 0.05) is 10.8 Å².